The number of amides is 1. The molecule has 6 heteroatoms. The molecular weight excluding hydrogens is 251 g/mol. The first-order valence-electron chi connectivity index (χ1n) is 6.04. The van der Waals surface area contributed by atoms with Crippen LogP contribution in [0.4, 0.5) is 4.39 Å². The summed E-state index contributed by atoms with van der Waals surface area (Å²) < 4.78 is 23.5. The molecule has 1 amide bonds. The van der Waals surface area contributed by atoms with Crippen LogP contribution in [0.25, 0.3) is 0 Å². The fourth-order valence-corrected chi connectivity index (χ4v) is 1.47. The number of methoxy groups -OCH3 is 1. The Bertz CT molecular complexity index is 413. The molecule has 0 unspecified atom stereocenters. The average molecular weight is 270 g/mol. The number of nitrogens with one attached hydrogen (secondary N) is 1. The molecule has 0 saturated carbocycles. The highest BCUT2D eigenvalue weighted by Crippen LogP contribution is 2.18. The number of halogens is 1. The summed E-state index contributed by atoms with van der Waals surface area (Å²) in [7, 11) is 1.54. The molecule has 1 rings (SSSR count). The van der Waals surface area contributed by atoms with Gasteiger partial charge in [-0.25, -0.2) is 4.39 Å². The Balaban J connectivity index is 2.42. The fourth-order valence-electron chi connectivity index (χ4n) is 1.47. The summed E-state index contributed by atoms with van der Waals surface area (Å²) in [6.45, 7) is 1.06. The van der Waals surface area contributed by atoms with Gasteiger partial charge in [0.2, 0.25) is 0 Å². The van der Waals surface area contributed by atoms with Crippen molar-refractivity contribution >= 4 is 5.91 Å². The van der Waals surface area contributed by atoms with Gasteiger partial charge >= 0.3 is 0 Å². The molecule has 0 atom stereocenters. The minimum Gasteiger partial charge on any atom is -0.481 e. The minimum absolute atomic E-state index is 0.0580. The lowest BCUT2D eigenvalue weighted by atomic mass is 10.1. The predicted molar refractivity (Wildman–Crippen MR) is 69.5 cm³/mol. The summed E-state index contributed by atoms with van der Waals surface area (Å²) in [5.74, 6) is -0.749. The van der Waals surface area contributed by atoms with Crippen molar-refractivity contribution in [2.45, 2.75) is 6.42 Å². The standard InChI is InChI=1S/C13H19FN2O3/c1-18-7-6-16-13(17)9-19-12-3-2-10(4-5-15)8-11(12)14/h2-3,8H,4-7,9,15H2,1H3,(H,16,17). The van der Waals surface area contributed by atoms with Gasteiger partial charge in [0.15, 0.2) is 18.2 Å². The van der Waals surface area contributed by atoms with Crippen LogP contribution < -0.4 is 15.8 Å². The van der Waals surface area contributed by atoms with E-state index in [1.807, 2.05) is 0 Å². The molecule has 0 aliphatic carbocycles. The van der Waals surface area contributed by atoms with Gasteiger partial charge < -0.3 is 20.5 Å². The number of nitrogens with two attached hydrogens (primary N) is 1. The summed E-state index contributed by atoms with van der Waals surface area (Å²) in [5.41, 5.74) is 6.19. The van der Waals surface area contributed by atoms with Crippen molar-refractivity contribution < 1.29 is 18.7 Å². The van der Waals surface area contributed by atoms with Gasteiger partial charge in [0.25, 0.3) is 5.91 Å². The van der Waals surface area contributed by atoms with Crippen molar-refractivity contribution in [1.29, 1.82) is 0 Å². The molecule has 0 radical (unpaired) electrons. The number of benzene rings is 1. The summed E-state index contributed by atoms with van der Waals surface area (Å²) >= 11 is 0. The molecule has 0 aliphatic heterocycles. The van der Waals surface area contributed by atoms with Crippen molar-refractivity contribution in [3.05, 3.63) is 29.6 Å². The van der Waals surface area contributed by atoms with Crippen molar-refractivity contribution in [1.82, 2.24) is 5.32 Å². The van der Waals surface area contributed by atoms with Crippen LogP contribution in [0.5, 0.6) is 5.75 Å². The highest BCUT2D eigenvalue weighted by Gasteiger charge is 2.07. The molecule has 5 nitrogen and oxygen atoms in total. The van der Waals surface area contributed by atoms with Crippen molar-refractivity contribution in [2.75, 3.05) is 33.4 Å². The van der Waals surface area contributed by atoms with E-state index in [2.05, 4.69) is 5.32 Å². The van der Waals surface area contributed by atoms with E-state index in [4.69, 9.17) is 15.2 Å². The second-order valence-electron chi connectivity index (χ2n) is 3.93. The molecular formula is C13H19FN2O3. The van der Waals surface area contributed by atoms with Gasteiger partial charge in [-0.3, -0.25) is 4.79 Å². The molecule has 0 fully saturated rings. The van der Waals surface area contributed by atoms with Crippen LogP contribution in [-0.4, -0.2) is 39.3 Å². The van der Waals surface area contributed by atoms with E-state index in [-0.39, 0.29) is 18.3 Å². The molecule has 0 bridgehead atoms. The Hall–Kier alpha value is -1.66. The molecule has 1 aromatic carbocycles. The van der Waals surface area contributed by atoms with Crippen LogP contribution in [0.3, 0.4) is 0 Å². The zero-order valence-electron chi connectivity index (χ0n) is 10.9. The molecule has 1 aromatic rings. The first kappa shape index (κ1) is 15.4. The molecule has 0 aliphatic rings. The second-order valence-corrected chi connectivity index (χ2v) is 3.93. The third-order valence-corrected chi connectivity index (χ3v) is 2.42. The summed E-state index contributed by atoms with van der Waals surface area (Å²) in [4.78, 5) is 11.3. The van der Waals surface area contributed by atoms with Gasteiger partial charge in [0, 0.05) is 13.7 Å². The fraction of sp³-hybridized carbons (Fsp3) is 0.462. The van der Waals surface area contributed by atoms with Gasteiger partial charge in [-0.1, -0.05) is 6.07 Å². The molecule has 0 spiro atoms. The maximum Gasteiger partial charge on any atom is 0.258 e. The number of ether oxygens (including phenoxy) is 2. The molecule has 0 aromatic heterocycles. The molecule has 106 valence electrons. The largest absolute Gasteiger partial charge is 0.481 e. The molecule has 0 heterocycles. The monoisotopic (exact) mass is 270 g/mol. The second kappa shape index (κ2) is 8.44. The van der Waals surface area contributed by atoms with Gasteiger partial charge in [-0.05, 0) is 30.7 Å². The Morgan fingerprint density at radius 1 is 1.47 bits per heavy atom. The van der Waals surface area contributed by atoms with E-state index < -0.39 is 5.82 Å². The first-order valence-corrected chi connectivity index (χ1v) is 6.04. The third kappa shape index (κ3) is 5.67. The van der Waals surface area contributed by atoms with E-state index in [0.717, 1.165) is 5.56 Å². The quantitative estimate of drug-likeness (QED) is 0.673. The molecule has 19 heavy (non-hydrogen) atoms. The van der Waals surface area contributed by atoms with E-state index in [0.29, 0.717) is 26.1 Å². The van der Waals surface area contributed by atoms with Crippen LogP contribution >= 0.6 is 0 Å². The van der Waals surface area contributed by atoms with E-state index >= 15 is 0 Å². The number of carbonyl (C=O) groups is 1. The summed E-state index contributed by atoms with van der Waals surface area (Å²) in [5, 5.41) is 2.58. The summed E-state index contributed by atoms with van der Waals surface area (Å²) in [6.07, 6.45) is 0.606. The van der Waals surface area contributed by atoms with Gasteiger partial charge in [-0.2, -0.15) is 0 Å². The Morgan fingerprint density at radius 2 is 2.26 bits per heavy atom. The highest BCUT2D eigenvalue weighted by molar-refractivity contribution is 5.77. The summed E-state index contributed by atoms with van der Waals surface area (Å²) in [6, 6.07) is 4.60. The maximum absolute atomic E-state index is 13.6. The van der Waals surface area contributed by atoms with Gasteiger partial charge in [0.1, 0.15) is 0 Å². The van der Waals surface area contributed by atoms with E-state index in [9.17, 15) is 9.18 Å². The topological polar surface area (TPSA) is 73.6 Å². The van der Waals surface area contributed by atoms with Gasteiger partial charge in [0.05, 0.1) is 6.61 Å². The zero-order chi connectivity index (χ0) is 14.1. The maximum atomic E-state index is 13.6. The Kier molecular flexibility index (Phi) is 6.84. The predicted octanol–water partition coefficient (Wildman–Crippen LogP) is 0.468. The Labute approximate surface area is 111 Å². The van der Waals surface area contributed by atoms with Crippen molar-refractivity contribution in [3.63, 3.8) is 0 Å². The first-order chi connectivity index (χ1) is 9.17. The molecule has 3 N–H and O–H groups in total. The Morgan fingerprint density at radius 3 is 2.89 bits per heavy atom. The van der Waals surface area contributed by atoms with E-state index in [1.54, 1.807) is 13.2 Å². The number of rotatable bonds is 8. The zero-order valence-corrected chi connectivity index (χ0v) is 10.9. The highest BCUT2D eigenvalue weighted by atomic mass is 19.1. The lowest BCUT2D eigenvalue weighted by Gasteiger charge is -2.09. The molecule has 0 saturated heterocycles. The van der Waals surface area contributed by atoms with Crippen LogP contribution in [0.15, 0.2) is 18.2 Å². The van der Waals surface area contributed by atoms with Crippen LogP contribution in [0, 0.1) is 5.82 Å². The number of hydrogen-bond acceptors (Lipinski definition) is 4. The van der Waals surface area contributed by atoms with Crippen molar-refractivity contribution in [3.8, 4) is 5.75 Å². The van der Waals surface area contributed by atoms with Gasteiger partial charge in [-0.15, -0.1) is 0 Å². The SMILES string of the molecule is COCCNC(=O)COc1ccc(CCN)cc1F. The minimum atomic E-state index is -0.490. The van der Waals surface area contributed by atoms with Crippen LogP contribution in [0.2, 0.25) is 0 Å². The van der Waals surface area contributed by atoms with Crippen molar-refractivity contribution in [2.24, 2.45) is 5.73 Å². The van der Waals surface area contributed by atoms with Crippen LogP contribution in [0.1, 0.15) is 5.56 Å². The normalized spacial score (nSPS) is 10.3. The smallest absolute Gasteiger partial charge is 0.258 e. The average Bonchev–Trinajstić information content (AvgIpc) is 2.38. The lowest BCUT2D eigenvalue weighted by Crippen LogP contribution is -2.31. The number of hydrogen-bond donors (Lipinski definition) is 2. The number of carbonyl (C=O) groups excluding carboxylic acids is 1. The van der Waals surface area contributed by atoms with Crippen LogP contribution in [-0.2, 0) is 16.0 Å². The lowest BCUT2D eigenvalue weighted by molar-refractivity contribution is -0.123. The van der Waals surface area contributed by atoms with E-state index in [1.165, 1.54) is 12.1 Å². The third-order valence-electron chi connectivity index (χ3n) is 2.42.